The van der Waals surface area contributed by atoms with Gasteiger partial charge in [-0.2, -0.15) is 21.9 Å². The molecule has 1 aromatic heterocycles. The van der Waals surface area contributed by atoms with Crippen molar-refractivity contribution >= 4 is 26.7 Å². The second-order valence-electron chi connectivity index (χ2n) is 6.59. The Morgan fingerprint density at radius 1 is 1.21 bits per heavy atom. The molecule has 3 rings (SSSR count). The molecule has 2 aromatic rings. The molecule has 0 aliphatic carbocycles. The van der Waals surface area contributed by atoms with E-state index in [0.717, 1.165) is 15.6 Å². The lowest BCUT2D eigenvalue weighted by Gasteiger charge is -2.33. The first-order chi connectivity index (χ1) is 13.7. The average Bonchev–Trinajstić information content (AvgIpc) is 3.15. The maximum atomic E-state index is 12.3. The summed E-state index contributed by atoms with van der Waals surface area (Å²) in [6.07, 6.45) is -5.28. The molecular formula is C17H21F3N4O3S2. The number of nitrogens with zero attached hydrogens (tertiary/aromatic N) is 4. The Bertz CT molecular complexity index is 926. The highest BCUT2D eigenvalue weighted by molar-refractivity contribution is 7.89. The topological polar surface area (TPSA) is 75.6 Å². The minimum absolute atomic E-state index is 0.130. The molecule has 1 aliphatic heterocycles. The monoisotopic (exact) mass is 450 g/mol. The number of rotatable bonds is 7. The molecule has 1 saturated heterocycles. The van der Waals surface area contributed by atoms with Crippen molar-refractivity contribution in [2.24, 2.45) is 0 Å². The van der Waals surface area contributed by atoms with Crippen LogP contribution in [0.15, 0.2) is 24.3 Å². The number of piperazine rings is 1. The van der Waals surface area contributed by atoms with Gasteiger partial charge in [0, 0.05) is 44.1 Å². The Morgan fingerprint density at radius 2 is 1.93 bits per heavy atom. The van der Waals surface area contributed by atoms with Crippen LogP contribution in [0, 0.1) is 0 Å². The largest absolute Gasteiger partial charge is 0.497 e. The minimum atomic E-state index is -4.49. The molecule has 0 radical (unpaired) electrons. The minimum Gasteiger partial charge on any atom is -0.497 e. The number of benzene rings is 1. The van der Waals surface area contributed by atoms with Crippen molar-refractivity contribution in [3.05, 3.63) is 35.7 Å². The number of hydrogen-bond acceptors (Lipinski definition) is 7. The number of alkyl halides is 3. The molecule has 1 aliphatic rings. The fourth-order valence-electron chi connectivity index (χ4n) is 2.94. The van der Waals surface area contributed by atoms with Crippen molar-refractivity contribution in [1.82, 2.24) is 13.7 Å². The van der Waals surface area contributed by atoms with Crippen LogP contribution in [-0.2, 0) is 16.4 Å². The zero-order chi connectivity index (χ0) is 21.1. The fourth-order valence-corrected chi connectivity index (χ4v) is 5.15. The van der Waals surface area contributed by atoms with Gasteiger partial charge in [-0.25, -0.2) is 13.4 Å². The molecule has 29 heavy (non-hydrogen) atoms. The Morgan fingerprint density at radius 3 is 2.59 bits per heavy atom. The maximum absolute atomic E-state index is 12.3. The number of halogens is 3. The van der Waals surface area contributed by atoms with Crippen LogP contribution in [0.25, 0.3) is 0 Å². The number of ether oxygens (including phenoxy) is 1. The molecule has 0 spiro atoms. The van der Waals surface area contributed by atoms with Crippen molar-refractivity contribution < 1.29 is 26.3 Å². The molecule has 0 saturated carbocycles. The molecule has 12 heteroatoms. The third-order valence-corrected chi connectivity index (χ3v) is 7.19. The Kier molecular flexibility index (Phi) is 6.64. The van der Waals surface area contributed by atoms with Crippen molar-refractivity contribution in [3.8, 4) is 5.75 Å². The third kappa shape index (κ3) is 6.03. The summed E-state index contributed by atoms with van der Waals surface area (Å²) in [6, 6.07) is 7.60. The molecule has 1 aromatic carbocycles. The van der Waals surface area contributed by atoms with Gasteiger partial charge in [-0.05, 0) is 17.7 Å². The predicted octanol–water partition coefficient (Wildman–Crippen LogP) is 2.54. The van der Waals surface area contributed by atoms with E-state index in [1.807, 2.05) is 29.2 Å². The molecule has 1 fully saturated rings. The van der Waals surface area contributed by atoms with Gasteiger partial charge in [0.2, 0.25) is 15.2 Å². The molecule has 0 amide bonds. The molecule has 160 valence electrons. The summed E-state index contributed by atoms with van der Waals surface area (Å²) in [4.78, 5) is 6.42. The number of sulfonamides is 1. The van der Waals surface area contributed by atoms with E-state index in [2.05, 4.69) is 9.36 Å². The van der Waals surface area contributed by atoms with Gasteiger partial charge in [-0.1, -0.05) is 12.1 Å². The predicted molar refractivity (Wildman–Crippen MR) is 104 cm³/mol. The molecule has 0 N–H and O–H groups in total. The zero-order valence-electron chi connectivity index (χ0n) is 15.7. The van der Waals surface area contributed by atoms with Crippen LogP contribution in [0.4, 0.5) is 18.3 Å². The molecule has 0 bridgehead atoms. The van der Waals surface area contributed by atoms with Crippen LogP contribution in [0.5, 0.6) is 5.75 Å². The van der Waals surface area contributed by atoms with Gasteiger partial charge >= 0.3 is 6.18 Å². The zero-order valence-corrected chi connectivity index (χ0v) is 17.4. The van der Waals surface area contributed by atoms with E-state index in [-0.39, 0.29) is 13.1 Å². The van der Waals surface area contributed by atoms with E-state index in [1.54, 1.807) is 7.11 Å². The van der Waals surface area contributed by atoms with Gasteiger partial charge in [0.25, 0.3) is 0 Å². The maximum Gasteiger partial charge on any atom is 0.390 e. The van der Waals surface area contributed by atoms with Crippen molar-refractivity contribution in [2.45, 2.75) is 19.0 Å². The highest BCUT2D eigenvalue weighted by Crippen LogP contribution is 2.24. The summed E-state index contributed by atoms with van der Waals surface area (Å²) in [5.41, 5.74) is 1.01. The highest BCUT2D eigenvalue weighted by atomic mass is 32.2. The summed E-state index contributed by atoms with van der Waals surface area (Å²) in [5.74, 6) is 0.485. The van der Waals surface area contributed by atoms with Gasteiger partial charge in [0.15, 0.2) is 0 Å². The van der Waals surface area contributed by atoms with E-state index < -0.39 is 28.4 Å². The Labute approximate surface area is 171 Å². The van der Waals surface area contributed by atoms with Crippen LogP contribution in [0.3, 0.4) is 0 Å². The second kappa shape index (κ2) is 8.84. The van der Waals surface area contributed by atoms with Gasteiger partial charge < -0.3 is 9.64 Å². The molecule has 2 heterocycles. The van der Waals surface area contributed by atoms with Gasteiger partial charge in [-0.15, -0.1) is 0 Å². The number of hydrogen-bond donors (Lipinski definition) is 0. The van der Waals surface area contributed by atoms with E-state index >= 15 is 0 Å². The average molecular weight is 451 g/mol. The summed E-state index contributed by atoms with van der Waals surface area (Å²) >= 11 is 1.22. The van der Waals surface area contributed by atoms with E-state index in [9.17, 15) is 21.6 Å². The lowest BCUT2D eigenvalue weighted by atomic mass is 10.1. The second-order valence-corrected chi connectivity index (χ2v) is 9.41. The smallest absolute Gasteiger partial charge is 0.390 e. The SMILES string of the molecule is COc1cccc(Cc2nsc(N3CCN(S(=O)(=O)CCC(F)(F)F)CC3)n2)c1. The number of methoxy groups -OCH3 is 1. The van der Waals surface area contributed by atoms with Crippen LogP contribution >= 0.6 is 11.5 Å². The molecular weight excluding hydrogens is 429 g/mol. The van der Waals surface area contributed by atoms with Gasteiger partial charge in [0.05, 0.1) is 19.3 Å². The first kappa shape index (κ1) is 21.8. The standard InChI is InChI=1S/C17H21F3N4O3S2/c1-27-14-4-2-3-13(11-14)12-15-21-16(28-22-15)23-6-8-24(9-7-23)29(25,26)10-5-17(18,19)20/h2-4,11H,5-10,12H2,1H3. The normalized spacial score (nSPS) is 16.2. The summed E-state index contributed by atoms with van der Waals surface area (Å²) in [7, 11) is -2.32. The first-order valence-electron chi connectivity index (χ1n) is 8.91. The van der Waals surface area contributed by atoms with Crippen LogP contribution < -0.4 is 9.64 Å². The van der Waals surface area contributed by atoms with Crippen molar-refractivity contribution in [1.29, 1.82) is 0 Å². The summed E-state index contributed by atoms with van der Waals surface area (Å²) in [6.45, 7) is 0.980. The lowest BCUT2D eigenvalue weighted by molar-refractivity contribution is -0.130. The van der Waals surface area contributed by atoms with Crippen molar-refractivity contribution in [2.75, 3.05) is 43.9 Å². The van der Waals surface area contributed by atoms with Crippen molar-refractivity contribution in [3.63, 3.8) is 0 Å². The fraction of sp³-hybridized carbons (Fsp3) is 0.529. The van der Waals surface area contributed by atoms with Gasteiger partial charge in [-0.3, -0.25) is 0 Å². The van der Waals surface area contributed by atoms with Crippen LogP contribution in [0.2, 0.25) is 0 Å². The lowest BCUT2D eigenvalue weighted by Crippen LogP contribution is -2.49. The Hall–Kier alpha value is -1.92. The van der Waals surface area contributed by atoms with Gasteiger partial charge in [0.1, 0.15) is 11.6 Å². The van der Waals surface area contributed by atoms with E-state index in [1.165, 1.54) is 11.5 Å². The summed E-state index contributed by atoms with van der Waals surface area (Å²) in [5, 5.41) is 0.676. The quantitative estimate of drug-likeness (QED) is 0.646. The highest BCUT2D eigenvalue weighted by Gasteiger charge is 2.34. The van der Waals surface area contributed by atoms with E-state index in [0.29, 0.717) is 30.5 Å². The van der Waals surface area contributed by atoms with Crippen LogP contribution in [0.1, 0.15) is 17.8 Å². The molecule has 0 unspecified atom stereocenters. The molecule has 7 nitrogen and oxygen atoms in total. The third-order valence-electron chi connectivity index (χ3n) is 4.50. The number of anilines is 1. The van der Waals surface area contributed by atoms with E-state index in [4.69, 9.17) is 4.74 Å². The Balaban J connectivity index is 1.56. The first-order valence-corrected chi connectivity index (χ1v) is 11.3. The summed E-state index contributed by atoms with van der Waals surface area (Å²) < 4.78 is 71.9. The molecule has 0 atom stereocenters. The van der Waals surface area contributed by atoms with Crippen LogP contribution in [-0.4, -0.2) is 67.3 Å². The number of aromatic nitrogens is 2.